The molecule has 0 N–H and O–H groups in total. The molecule has 1 aliphatic heterocycles. The Morgan fingerprint density at radius 1 is 0.852 bits per heavy atom. The zero-order valence-electron chi connectivity index (χ0n) is 14.0. The second-order valence-electron chi connectivity index (χ2n) is 6.29. The fourth-order valence-electron chi connectivity index (χ4n) is 3.29. The Labute approximate surface area is 155 Å². The van der Waals surface area contributed by atoms with Gasteiger partial charge in [0, 0.05) is 38.3 Å². The van der Waals surface area contributed by atoms with E-state index in [2.05, 4.69) is 9.88 Å². The maximum absolute atomic E-state index is 13.9. The molecule has 1 fully saturated rings. The maximum atomic E-state index is 13.9. The SMILES string of the molecule is Fc1c(F)c(F)c(CN2CCN(c3cccc4scnc34)CC2)c(F)c1F. The molecule has 2 heterocycles. The summed E-state index contributed by atoms with van der Waals surface area (Å²) in [6.45, 7) is 1.65. The van der Waals surface area contributed by atoms with Gasteiger partial charge < -0.3 is 4.90 Å². The van der Waals surface area contributed by atoms with Crippen LogP contribution in [-0.4, -0.2) is 36.1 Å². The number of benzene rings is 2. The number of hydrogen-bond acceptors (Lipinski definition) is 4. The Balaban J connectivity index is 1.50. The first-order valence-corrected chi connectivity index (χ1v) is 9.15. The molecule has 3 aromatic rings. The van der Waals surface area contributed by atoms with Crippen LogP contribution < -0.4 is 4.90 Å². The zero-order valence-corrected chi connectivity index (χ0v) is 14.8. The number of thiazole rings is 1. The second-order valence-corrected chi connectivity index (χ2v) is 7.17. The van der Waals surface area contributed by atoms with Crippen molar-refractivity contribution >= 4 is 27.2 Å². The number of fused-ring (bicyclic) bond motifs is 1. The van der Waals surface area contributed by atoms with Crippen molar-refractivity contribution in [3.05, 3.63) is 58.4 Å². The smallest absolute Gasteiger partial charge is 0.200 e. The Bertz CT molecular complexity index is 969. The standard InChI is InChI=1S/C18H14F5N3S/c19-13-10(14(20)16(22)17(23)15(13)21)8-25-4-6-26(7-5-25)11-2-1-3-12-18(11)24-9-27-12/h1-3,9H,4-8H2. The highest BCUT2D eigenvalue weighted by atomic mass is 32.1. The van der Waals surface area contributed by atoms with E-state index in [-0.39, 0.29) is 6.54 Å². The van der Waals surface area contributed by atoms with Crippen molar-refractivity contribution in [3.63, 3.8) is 0 Å². The molecule has 0 bridgehead atoms. The minimum atomic E-state index is -2.13. The summed E-state index contributed by atoms with van der Waals surface area (Å²) in [5.41, 5.74) is 2.86. The lowest BCUT2D eigenvalue weighted by atomic mass is 10.1. The van der Waals surface area contributed by atoms with Gasteiger partial charge >= 0.3 is 0 Å². The van der Waals surface area contributed by atoms with E-state index < -0.39 is 34.6 Å². The largest absolute Gasteiger partial charge is 0.367 e. The lowest BCUT2D eigenvalue weighted by molar-refractivity contribution is 0.238. The van der Waals surface area contributed by atoms with Gasteiger partial charge in [-0.1, -0.05) is 6.07 Å². The van der Waals surface area contributed by atoms with Crippen LogP contribution in [0.15, 0.2) is 23.7 Å². The summed E-state index contributed by atoms with van der Waals surface area (Å²) in [6, 6.07) is 5.88. The van der Waals surface area contributed by atoms with Crippen molar-refractivity contribution in [3.8, 4) is 0 Å². The zero-order chi connectivity index (χ0) is 19.1. The summed E-state index contributed by atoms with van der Waals surface area (Å²) in [7, 11) is 0. The average Bonchev–Trinajstić information content (AvgIpc) is 3.18. The fourth-order valence-corrected chi connectivity index (χ4v) is 3.98. The summed E-state index contributed by atoms with van der Waals surface area (Å²) in [6.07, 6.45) is 0. The number of rotatable bonds is 3. The van der Waals surface area contributed by atoms with E-state index in [0.717, 1.165) is 15.9 Å². The predicted octanol–water partition coefficient (Wildman–Crippen LogP) is 4.31. The highest BCUT2D eigenvalue weighted by Gasteiger charge is 2.28. The van der Waals surface area contributed by atoms with Crippen LogP contribution in [0.25, 0.3) is 10.2 Å². The molecule has 0 aliphatic carbocycles. The van der Waals surface area contributed by atoms with E-state index in [1.54, 1.807) is 21.7 Å². The van der Waals surface area contributed by atoms with Gasteiger partial charge in [0.25, 0.3) is 0 Å². The molecule has 0 radical (unpaired) electrons. The lowest BCUT2D eigenvalue weighted by Crippen LogP contribution is -2.46. The van der Waals surface area contributed by atoms with Crippen molar-refractivity contribution in [2.75, 3.05) is 31.1 Å². The molecular weight excluding hydrogens is 385 g/mol. The molecule has 4 rings (SSSR count). The Morgan fingerprint density at radius 2 is 1.48 bits per heavy atom. The van der Waals surface area contributed by atoms with Crippen LogP contribution in [0.1, 0.15) is 5.56 Å². The number of piperazine rings is 1. The van der Waals surface area contributed by atoms with Crippen LogP contribution in [-0.2, 0) is 6.54 Å². The van der Waals surface area contributed by atoms with Crippen LogP contribution in [0.5, 0.6) is 0 Å². The molecule has 1 aromatic heterocycles. The van der Waals surface area contributed by atoms with Gasteiger partial charge in [0.1, 0.15) is 5.52 Å². The van der Waals surface area contributed by atoms with Crippen LogP contribution in [0.3, 0.4) is 0 Å². The monoisotopic (exact) mass is 399 g/mol. The fraction of sp³-hybridized carbons (Fsp3) is 0.278. The Kier molecular flexibility index (Phi) is 4.73. The maximum Gasteiger partial charge on any atom is 0.200 e. The molecule has 1 aliphatic rings. The van der Waals surface area contributed by atoms with Crippen LogP contribution in [0, 0.1) is 29.1 Å². The van der Waals surface area contributed by atoms with E-state index in [1.165, 1.54) is 0 Å². The lowest BCUT2D eigenvalue weighted by Gasteiger charge is -2.36. The van der Waals surface area contributed by atoms with Gasteiger partial charge in [-0.15, -0.1) is 11.3 Å². The summed E-state index contributed by atoms with van der Waals surface area (Å²) >= 11 is 1.54. The van der Waals surface area contributed by atoms with E-state index in [9.17, 15) is 22.0 Å². The van der Waals surface area contributed by atoms with Crippen molar-refractivity contribution in [1.82, 2.24) is 9.88 Å². The number of para-hydroxylation sites is 1. The predicted molar refractivity (Wildman–Crippen MR) is 93.3 cm³/mol. The molecule has 27 heavy (non-hydrogen) atoms. The van der Waals surface area contributed by atoms with E-state index in [4.69, 9.17) is 0 Å². The van der Waals surface area contributed by atoms with Gasteiger partial charge in [0.15, 0.2) is 23.3 Å². The summed E-state index contributed by atoms with van der Waals surface area (Å²) in [4.78, 5) is 8.16. The minimum Gasteiger partial charge on any atom is -0.367 e. The molecule has 3 nitrogen and oxygen atoms in total. The Morgan fingerprint density at radius 3 is 2.15 bits per heavy atom. The van der Waals surface area contributed by atoms with Crippen LogP contribution >= 0.6 is 11.3 Å². The summed E-state index contributed by atoms with van der Waals surface area (Å²) in [5.74, 6) is -9.47. The molecule has 0 saturated carbocycles. The molecule has 0 atom stereocenters. The van der Waals surface area contributed by atoms with Gasteiger partial charge in [-0.05, 0) is 12.1 Å². The van der Waals surface area contributed by atoms with Crippen molar-refractivity contribution in [1.29, 1.82) is 0 Å². The molecule has 2 aromatic carbocycles. The van der Waals surface area contributed by atoms with Gasteiger partial charge in [-0.3, -0.25) is 4.90 Å². The van der Waals surface area contributed by atoms with E-state index >= 15 is 0 Å². The van der Waals surface area contributed by atoms with E-state index in [1.807, 2.05) is 18.2 Å². The highest BCUT2D eigenvalue weighted by Crippen LogP contribution is 2.29. The summed E-state index contributed by atoms with van der Waals surface area (Å²) in [5, 5.41) is 0. The molecule has 0 spiro atoms. The van der Waals surface area contributed by atoms with Gasteiger partial charge in [0.05, 0.1) is 15.9 Å². The topological polar surface area (TPSA) is 19.4 Å². The van der Waals surface area contributed by atoms with Gasteiger partial charge in [-0.2, -0.15) is 0 Å². The number of aromatic nitrogens is 1. The third-order valence-corrected chi connectivity index (χ3v) is 5.53. The number of nitrogens with zero attached hydrogens (tertiary/aromatic N) is 3. The van der Waals surface area contributed by atoms with Gasteiger partial charge in [0.2, 0.25) is 5.82 Å². The first-order valence-electron chi connectivity index (χ1n) is 8.27. The first-order chi connectivity index (χ1) is 13.0. The third kappa shape index (κ3) is 3.14. The average molecular weight is 399 g/mol. The first kappa shape index (κ1) is 18.1. The number of halogens is 5. The van der Waals surface area contributed by atoms with E-state index in [0.29, 0.717) is 26.2 Å². The minimum absolute atomic E-state index is 0.333. The quantitative estimate of drug-likeness (QED) is 0.372. The van der Waals surface area contributed by atoms with Crippen molar-refractivity contribution < 1.29 is 22.0 Å². The second kappa shape index (κ2) is 7.05. The number of hydrogen-bond donors (Lipinski definition) is 0. The highest BCUT2D eigenvalue weighted by molar-refractivity contribution is 7.16. The number of anilines is 1. The molecular formula is C18H14F5N3S. The third-order valence-electron chi connectivity index (χ3n) is 4.73. The normalized spacial score (nSPS) is 15.7. The molecule has 142 valence electrons. The van der Waals surface area contributed by atoms with Crippen LogP contribution in [0.4, 0.5) is 27.6 Å². The van der Waals surface area contributed by atoms with Crippen LogP contribution in [0.2, 0.25) is 0 Å². The van der Waals surface area contributed by atoms with Crippen molar-refractivity contribution in [2.45, 2.75) is 6.54 Å². The van der Waals surface area contributed by atoms with Gasteiger partial charge in [-0.25, -0.2) is 26.9 Å². The Hall–Kier alpha value is -2.26. The molecule has 1 saturated heterocycles. The van der Waals surface area contributed by atoms with Crippen molar-refractivity contribution in [2.24, 2.45) is 0 Å². The molecule has 0 amide bonds. The molecule has 0 unspecified atom stereocenters. The summed E-state index contributed by atoms with van der Waals surface area (Å²) < 4.78 is 68.7. The molecule has 9 heteroatoms.